The summed E-state index contributed by atoms with van der Waals surface area (Å²) in [5.41, 5.74) is 0. The van der Waals surface area contributed by atoms with E-state index in [0.29, 0.717) is 11.6 Å². The number of sulfonamides is 1. The minimum Gasteiger partial charge on any atom is -0.495 e. The molecule has 0 amide bonds. The van der Waals surface area contributed by atoms with Crippen LogP contribution in [0.5, 0.6) is 5.75 Å². The van der Waals surface area contributed by atoms with Crippen LogP contribution in [0.25, 0.3) is 0 Å². The molecule has 2 N–H and O–H groups in total. The van der Waals surface area contributed by atoms with Crippen molar-refractivity contribution in [2.24, 2.45) is 0 Å². The van der Waals surface area contributed by atoms with Crippen LogP contribution >= 0.6 is 11.6 Å². The molecule has 1 heterocycles. The molecule has 0 spiro atoms. The van der Waals surface area contributed by atoms with Crippen molar-refractivity contribution in [3.05, 3.63) is 23.2 Å². The van der Waals surface area contributed by atoms with Gasteiger partial charge in [-0.05, 0) is 31.5 Å². The Balaban J connectivity index is 2.23. The van der Waals surface area contributed by atoms with E-state index in [1.54, 1.807) is 0 Å². The first-order valence-electron chi connectivity index (χ1n) is 6.09. The number of hydrogen-bond acceptors (Lipinski definition) is 4. The van der Waals surface area contributed by atoms with Crippen molar-refractivity contribution in [3.63, 3.8) is 0 Å². The van der Waals surface area contributed by atoms with E-state index in [2.05, 4.69) is 10.0 Å². The van der Waals surface area contributed by atoms with E-state index in [-0.39, 0.29) is 16.7 Å². The number of hydrogen-bond donors (Lipinski definition) is 2. The third-order valence-corrected chi connectivity index (χ3v) is 4.83. The van der Waals surface area contributed by atoms with Gasteiger partial charge in [0.2, 0.25) is 10.0 Å². The van der Waals surface area contributed by atoms with Gasteiger partial charge in [-0.25, -0.2) is 13.1 Å². The zero-order chi connectivity index (χ0) is 13.9. The normalized spacial score (nSPS) is 20.2. The molecule has 1 aliphatic heterocycles. The molecule has 0 unspecified atom stereocenters. The second kappa shape index (κ2) is 6.09. The fourth-order valence-electron chi connectivity index (χ4n) is 2.10. The maximum atomic E-state index is 12.3. The molecular formula is C12H17ClN2O3S. The van der Waals surface area contributed by atoms with Gasteiger partial charge in [-0.3, -0.25) is 0 Å². The molecule has 2 rings (SSSR count). The van der Waals surface area contributed by atoms with Crippen LogP contribution in [0.4, 0.5) is 0 Å². The molecule has 0 aromatic heterocycles. The maximum Gasteiger partial charge on any atom is 0.244 e. The molecule has 0 saturated carbocycles. The first-order chi connectivity index (χ1) is 9.03. The van der Waals surface area contributed by atoms with Crippen LogP contribution in [-0.4, -0.2) is 34.7 Å². The van der Waals surface area contributed by atoms with Gasteiger partial charge < -0.3 is 10.1 Å². The summed E-state index contributed by atoms with van der Waals surface area (Å²) in [6.07, 6.45) is 1.80. The SMILES string of the molecule is COc1cc(Cl)ccc1S(=O)(=O)N[C@@H]1CCCNC1. The molecule has 1 aliphatic rings. The molecule has 1 aromatic rings. The van der Waals surface area contributed by atoms with Crippen molar-refractivity contribution in [1.29, 1.82) is 0 Å². The van der Waals surface area contributed by atoms with Gasteiger partial charge in [-0.15, -0.1) is 0 Å². The lowest BCUT2D eigenvalue weighted by molar-refractivity contribution is 0.399. The molecule has 0 bridgehead atoms. The quantitative estimate of drug-likeness (QED) is 0.882. The van der Waals surface area contributed by atoms with E-state index in [0.717, 1.165) is 19.4 Å². The molecule has 1 fully saturated rings. The summed E-state index contributed by atoms with van der Waals surface area (Å²) in [6.45, 7) is 1.58. The van der Waals surface area contributed by atoms with Gasteiger partial charge in [-0.1, -0.05) is 11.6 Å². The summed E-state index contributed by atoms with van der Waals surface area (Å²) in [4.78, 5) is 0.116. The maximum absolute atomic E-state index is 12.3. The fourth-order valence-corrected chi connectivity index (χ4v) is 3.68. The van der Waals surface area contributed by atoms with Gasteiger partial charge in [0.05, 0.1) is 7.11 Å². The average Bonchev–Trinajstić information content (AvgIpc) is 2.38. The Bertz CT molecular complexity index is 542. The summed E-state index contributed by atoms with van der Waals surface area (Å²) in [5, 5.41) is 3.61. The second-order valence-electron chi connectivity index (χ2n) is 4.46. The summed E-state index contributed by atoms with van der Waals surface area (Å²) in [6, 6.07) is 4.41. The minimum atomic E-state index is -3.59. The number of halogens is 1. The second-order valence-corrected chi connectivity index (χ2v) is 6.58. The third-order valence-electron chi connectivity index (χ3n) is 3.03. The van der Waals surface area contributed by atoms with Gasteiger partial charge >= 0.3 is 0 Å². The largest absolute Gasteiger partial charge is 0.495 e. The fraction of sp³-hybridized carbons (Fsp3) is 0.500. The molecule has 7 heteroatoms. The number of rotatable bonds is 4. The molecule has 1 atom stereocenters. The molecule has 5 nitrogen and oxygen atoms in total. The molecule has 1 saturated heterocycles. The van der Waals surface area contributed by atoms with Crippen LogP contribution in [0.2, 0.25) is 5.02 Å². The van der Waals surface area contributed by atoms with Crippen molar-refractivity contribution in [2.75, 3.05) is 20.2 Å². The Morgan fingerprint density at radius 3 is 2.89 bits per heavy atom. The predicted molar refractivity (Wildman–Crippen MR) is 74.2 cm³/mol. The van der Waals surface area contributed by atoms with E-state index in [1.165, 1.54) is 25.3 Å². The van der Waals surface area contributed by atoms with E-state index in [9.17, 15) is 8.42 Å². The summed E-state index contributed by atoms with van der Waals surface area (Å²) in [7, 11) is -2.17. The van der Waals surface area contributed by atoms with E-state index >= 15 is 0 Å². The van der Waals surface area contributed by atoms with Crippen molar-refractivity contribution < 1.29 is 13.2 Å². The number of benzene rings is 1. The van der Waals surface area contributed by atoms with E-state index < -0.39 is 10.0 Å². The number of nitrogens with one attached hydrogen (secondary N) is 2. The Labute approximate surface area is 118 Å². The Kier molecular flexibility index (Phi) is 4.67. The first-order valence-corrected chi connectivity index (χ1v) is 7.95. The lowest BCUT2D eigenvalue weighted by Crippen LogP contribution is -2.45. The van der Waals surface area contributed by atoms with Crippen molar-refractivity contribution in [3.8, 4) is 5.75 Å². The molecular weight excluding hydrogens is 288 g/mol. The lowest BCUT2D eigenvalue weighted by atomic mass is 10.1. The zero-order valence-electron chi connectivity index (χ0n) is 10.6. The van der Waals surface area contributed by atoms with Gasteiger partial charge in [0.1, 0.15) is 10.6 Å². The topological polar surface area (TPSA) is 67.4 Å². The van der Waals surface area contributed by atoms with Crippen molar-refractivity contribution >= 4 is 21.6 Å². The Morgan fingerprint density at radius 1 is 1.47 bits per heavy atom. The van der Waals surface area contributed by atoms with Crippen LogP contribution in [0.3, 0.4) is 0 Å². The molecule has 106 valence electrons. The van der Waals surface area contributed by atoms with E-state index in [1.807, 2.05) is 0 Å². The lowest BCUT2D eigenvalue weighted by Gasteiger charge is -2.24. The highest BCUT2D eigenvalue weighted by Gasteiger charge is 2.24. The number of piperidine rings is 1. The summed E-state index contributed by atoms with van der Waals surface area (Å²) >= 11 is 5.83. The van der Waals surface area contributed by atoms with Gasteiger partial charge in [0.25, 0.3) is 0 Å². The van der Waals surface area contributed by atoms with E-state index in [4.69, 9.17) is 16.3 Å². The van der Waals surface area contributed by atoms with Crippen molar-refractivity contribution in [1.82, 2.24) is 10.0 Å². The zero-order valence-corrected chi connectivity index (χ0v) is 12.2. The summed E-state index contributed by atoms with van der Waals surface area (Å²) in [5.74, 6) is 0.253. The number of methoxy groups -OCH3 is 1. The van der Waals surface area contributed by atoms with Crippen LogP contribution in [0.15, 0.2) is 23.1 Å². The monoisotopic (exact) mass is 304 g/mol. The molecule has 0 aliphatic carbocycles. The minimum absolute atomic E-state index is 0.0841. The predicted octanol–water partition coefficient (Wildman–Crippen LogP) is 1.38. The van der Waals surface area contributed by atoms with Gasteiger partial charge in [-0.2, -0.15) is 0 Å². The van der Waals surface area contributed by atoms with Crippen LogP contribution < -0.4 is 14.8 Å². The highest BCUT2D eigenvalue weighted by Crippen LogP contribution is 2.27. The molecule has 1 aromatic carbocycles. The summed E-state index contributed by atoms with van der Waals surface area (Å²) < 4.78 is 32.4. The van der Waals surface area contributed by atoms with Gasteiger partial charge in [0.15, 0.2) is 0 Å². The van der Waals surface area contributed by atoms with Crippen LogP contribution in [0, 0.1) is 0 Å². The smallest absolute Gasteiger partial charge is 0.244 e. The average molecular weight is 305 g/mol. The molecule has 0 radical (unpaired) electrons. The standard InChI is InChI=1S/C12H17ClN2O3S/c1-18-11-7-9(13)4-5-12(11)19(16,17)15-10-3-2-6-14-8-10/h4-5,7,10,14-15H,2-3,6,8H2,1H3/t10-/m1/s1. The van der Waals surface area contributed by atoms with Crippen LogP contribution in [-0.2, 0) is 10.0 Å². The van der Waals surface area contributed by atoms with Gasteiger partial charge in [0, 0.05) is 23.7 Å². The molecule has 19 heavy (non-hydrogen) atoms. The highest BCUT2D eigenvalue weighted by molar-refractivity contribution is 7.89. The highest BCUT2D eigenvalue weighted by atomic mass is 35.5. The Morgan fingerprint density at radius 2 is 2.26 bits per heavy atom. The van der Waals surface area contributed by atoms with Crippen LogP contribution in [0.1, 0.15) is 12.8 Å². The Hall–Kier alpha value is -0.820. The van der Waals surface area contributed by atoms with Crippen molar-refractivity contribution in [2.45, 2.75) is 23.8 Å². The first kappa shape index (κ1) is 14.6. The number of ether oxygens (including phenoxy) is 1. The third kappa shape index (κ3) is 3.60.